The number of nitrogens with one attached hydrogen (secondary N) is 3. The summed E-state index contributed by atoms with van der Waals surface area (Å²) in [6.07, 6.45) is 1.40. The topological polar surface area (TPSA) is 104 Å². The summed E-state index contributed by atoms with van der Waals surface area (Å²) in [5.74, 6) is 2.04. The van der Waals surface area contributed by atoms with Crippen molar-refractivity contribution in [1.29, 1.82) is 0 Å². The number of anilines is 5. The molecule has 0 bridgehead atoms. The molecular formula is C24H29N7O3. The largest absolute Gasteiger partial charge is 0.493 e. The third-order valence-corrected chi connectivity index (χ3v) is 5.56. The second-order valence-electron chi connectivity index (χ2n) is 7.90. The first-order valence-electron chi connectivity index (χ1n) is 11.0. The molecule has 1 aliphatic heterocycles. The Hall–Kier alpha value is -4.05. The molecule has 1 aromatic heterocycles. The van der Waals surface area contributed by atoms with Crippen LogP contribution in [-0.2, 0) is 0 Å². The number of methoxy groups -OCH3 is 2. The molecule has 34 heavy (non-hydrogen) atoms. The lowest BCUT2D eigenvalue weighted by molar-refractivity contribution is 0.262. The van der Waals surface area contributed by atoms with Crippen molar-refractivity contribution in [2.75, 3.05) is 68.3 Å². The molecule has 4 rings (SSSR count). The van der Waals surface area contributed by atoms with E-state index in [0.29, 0.717) is 28.8 Å². The third kappa shape index (κ3) is 5.84. The van der Waals surface area contributed by atoms with E-state index in [1.54, 1.807) is 31.4 Å². The third-order valence-electron chi connectivity index (χ3n) is 5.56. The van der Waals surface area contributed by atoms with Gasteiger partial charge in [-0.15, -0.1) is 0 Å². The number of piperazine rings is 1. The number of carbonyl (C=O) groups excluding carboxylic acids is 1. The molecule has 0 atom stereocenters. The summed E-state index contributed by atoms with van der Waals surface area (Å²) in [5, 5.41) is 8.72. The van der Waals surface area contributed by atoms with Crippen LogP contribution in [0.25, 0.3) is 0 Å². The van der Waals surface area contributed by atoms with E-state index in [2.05, 4.69) is 54.9 Å². The first kappa shape index (κ1) is 23.1. The number of benzene rings is 2. The van der Waals surface area contributed by atoms with E-state index in [1.165, 1.54) is 19.1 Å². The number of carbonyl (C=O) groups is 1. The Morgan fingerprint density at radius 1 is 0.824 bits per heavy atom. The van der Waals surface area contributed by atoms with Crippen molar-refractivity contribution in [3.8, 4) is 11.5 Å². The molecule has 178 valence electrons. The van der Waals surface area contributed by atoms with Crippen molar-refractivity contribution >= 4 is 34.7 Å². The normalized spacial score (nSPS) is 13.8. The van der Waals surface area contributed by atoms with Gasteiger partial charge in [0.25, 0.3) is 0 Å². The molecule has 1 saturated heterocycles. The van der Waals surface area contributed by atoms with Crippen molar-refractivity contribution in [2.24, 2.45) is 0 Å². The highest BCUT2D eigenvalue weighted by molar-refractivity contribution is 5.99. The van der Waals surface area contributed by atoms with E-state index in [4.69, 9.17) is 9.47 Å². The Kier molecular flexibility index (Phi) is 7.28. The molecule has 1 fully saturated rings. The fourth-order valence-electron chi connectivity index (χ4n) is 3.65. The molecule has 2 heterocycles. The zero-order valence-electron chi connectivity index (χ0n) is 19.5. The quantitative estimate of drug-likeness (QED) is 0.488. The lowest BCUT2D eigenvalue weighted by Gasteiger charge is -2.34. The van der Waals surface area contributed by atoms with Gasteiger partial charge in [0.15, 0.2) is 11.5 Å². The fourth-order valence-corrected chi connectivity index (χ4v) is 3.65. The summed E-state index contributed by atoms with van der Waals surface area (Å²) in [6, 6.07) is 14.6. The van der Waals surface area contributed by atoms with Gasteiger partial charge in [-0.05, 0) is 43.4 Å². The van der Waals surface area contributed by atoms with Crippen LogP contribution in [-0.4, -0.2) is 68.3 Å². The molecule has 0 spiro atoms. The Morgan fingerprint density at radius 2 is 1.50 bits per heavy atom. The number of hydrogen-bond donors (Lipinski definition) is 3. The van der Waals surface area contributed by atoms with Crippen molar-refractivity contribution in [2.45, 2.75) is 0 Å². The van der Waals surface area contributed by atoms with E-state index in [1.807, 2.05) is 12.1 Å². The first-order valence-corrected chi connectivity index (χ1v) is 11.0. The molecule has 1 aliphatic rings. The molecule has 10 heteroatoms. The molecule has 2 aromatic carbocycles. The van der Waals surface area contributed by atoms with Gasteiger partial charge in [-0.25, -0.2) is 14.8 Å². The van der Waals surface area contributed by atoms with Crippen molar-refractivity contribution in [3.05, 3.63) is 54.9 Å². The van der Waals surface area contributed by atoms with E-state index in [9.17, 15) is 4.79 Å². The van der Waals surface area contributed by atoms with Crippen LogP contribution >= 0.6 is 0 Å². The molecule has 10 nitrogen and oxygen atoms in total. The van der Waals surface area contributed by atoms with E-state index < -0.39 is 6.03 Å². The van der Waals surface area contributed by atoms with Crippen molar-refractivity contribution in [3.63, 3.8) is 0 Å². The smallest absolute Gasteiger partial charge is 0.324 e. The predicted molar refractivity (Wildman–Crippen MR) is 134 cm³/mol. The first-order chi connectivity index (χ1) is 16.5. The van der Waals surface area contributed by atoms with Crippen molar-refractivity contribution in [1.82, 2.24) is 14.9 Å². The molecular weight excluding hydrogens is 434 g/mol. The van der Waals surface area contributed by atoms with Gasteiger partial charge in [0, 0.05) is 55.4 Å². The summed E-state index contributed by atoms with van der Waals surface area (Å²) in [5.41, 5.74) is 2.66. The number of urea groups is 1. The zero-order valence-corrected chi connectivity index (χ0v) is 19.5. The maximum absolute atomic E-state index is 12.4. The summed E-state index contributed by atoms with van der Waals surface area (Å²) in [6.45, 7) is 4.18. The highest BCUT2D eigenvalue weighted by Crippen LogP contribution is 2.29. The van der Waals surface area contributed by atoms with Crippen LogP contribution in [0.2, 0.25) is 0 Å². The van der Waals surface area contributed by atoms with Crippen LogP contribution in [0.3, 0.4) is 0 Å². The molecule has 2 amide bonds. The van der Waals surface area contributed by atoms with E-state index in [-0.39, 0.29) is 0 Å². The highest BCUT2D eigenvalue weighted by atomic mass is 16.5. The maximum atomic E-state index is 12.4. The number of likely N-dealkylation sites (N-methyl/N-ethyl adjacent to an activating group) is 1. The van der Waals surface area contributed by atoms with Gasteiger partial charge in [0.1, 0.15) is 18.0 Å². The Bertz CT molecular complexity index is 1120. The van der Waals surface area contributed by atoms with Crippen LogP contribution in [0.1, 0.15) is 0 Å². The van der Waals surface area contributed by atoms with Crippen molar-refractivity contribution < 1.29 is 14.3 Å². The Balaban J connectivity index is 1.35. The Morgan fingerprint density at radius 3 is 2.21 bits per heavy atom. The summed E-state index contributed by atoms with van der Waals surface area (Å²) in [7, 11) is 5.24. The predicted octanol–water partition coefficient (Wildman–Crippen LogP) is 3.63. The summed E-state index contributed by atoms with van der Waals surface area (Å²) < 4.78 is 10.5. The summed E-state index contributed by atoms with van der Waals surface area (Å²) >= 11 is 0. The van der Waals surface area contributed by atoms with Crippen LogP contribution in [0.5, 0.6) is 11.5 Å². The minimum atomic E-state index is -0.437. The monoisotopic (exact) mass is 463 g/mol. The fraction of sp³-hybridized carbons (Fsp3) is 0.292. The lowest BCUT2D eigenvalue weighted by Crippen LogP contribution is -2.44. The molecule has 0 unspecified atom stereocenters. The van der Waals surface area contributed by atoms with Gasteiger partial charge < -0.3 is 29.9 Å². The number of hydrogen-bond acceptors (Lipinski definition) is 8. The molecule has 0 saturated carbocycles. The Labute approximate surface area is 198 Å². The van der Waals surface area contributed by atoms with Gasteiger partial charge in [-0.1, -0.05) is 0 Å². The standard InChI is InChI=1S/C24H29N7O3/c1-30-10-12-31(13-11-30)19-7-4-17(5-8-19)27-22-15-23(26-16-25-22)29-24(32)28-18-6-9-20(33-2)21(14-18)34-3/h4-9,14-16H,10-13H2,1-3H3,(H3,25,26,27,28,29,32). The number of aromatic nitrogens is 2. The lowest BCUT2D eigenvalue weighted by atomic mass is 10.2. The zero-order chi connectivity index (χ0) is 23.9. The molecule has 0 aliphatic carbocycles. The summed E-state index contributed by atoms with van der Waals surface area (Å²) in [4.78, 5) is 25.5. The van der Waals surface area contributed by atoms with Gasteiger partial charge >= 0.3 is 6.03 Å². The number of amides is 2. The molecule has 3 aromatic rings. The van der Waals surface area contributed by atoms with Crippen LogP contribution in [0.15, 0.2) is 54.9 Å². The number of nitrogens with zero attached hydrogens (tertiary/aromatic N) is 4. The van der Waals surface area contributed by atoms with Gasteiger partial charge in [0.05, 0.1) is 14.2 Å². The van der Waals surface area contributed by atoms with Crippen LogP contribution < -0.4 is 30.3 Å². The van der Waals surface area contributed by atoms with Crippen LogP contribution in [0, 0.1) is 0 Å². The van der Waals surface area contributed by atoms with Crippen LogP contribution in [0.4, 0.5) is 33.5 Å². The van der Waals surface area contributed by atoms with E-state index in [0.717, 1.165) is 31.9 Å². The number of rotatable bonds is 7. The van der Waals surface area contributed by atoms with Gasteiger partial charge in [0.2, 0.25) is 0 Å². The second-order valence-corrected chi connectivity index (χ2v) is 7.90. The maximum Gasteiger partial charge on any atom is 0.324 e. The molecule has 0 radical (unpaired) electrons. The highest BCUT2D eigenvalue weighted by Gasteiger charge is 2.14. The van der Waals surface area contributed by atoms with Gasteiger partial charge in [-0.3, -0.25) is 5.32 Å². The molecule has 3 N–H and O–H groups in total. The second kappa shape index (κ2) is 10.7. The average Bonchev–Trinajstić information content (AvgIpc) is 2.85. The minimum Gasteiger partial charge on any atom is -0.493 e. The van der Waals surface area contributed by atoms with Gasteiger partial charge in [-0.2, -0.15) is 0 Å². The SMILES string of the molecule is COc1ccc(NC(=O)Nc2cc(Nc3ccc(N4CCN(C)CC4)cc3)ncn2)cc1OC. The average molecular weight is 464 g/mol. The van der Waals surface area contributed by atoms with E-state index >= 15 is 0 Å². The minimum absolute atomic E-state index is 0.365. The number of ether oxygens (including phenoxy) is 2.